The van der Waals surface area contributed by atoms with E-state index in [1.807, 2.05) is 45.0 Å². The second-order valence-electron chi connectivity index (χ2n) is 6.85. The van der Waals surface area contributed by atoms with Gasteiger partial charge >= 0.3 is 5.97 Å². The molecule has 1 fully saturated rings. The maximum Gasteiger partial charge on any atom is 0.311 e. The Morgan fingerprint density at radius 1 is 1.29 bits per heavy atom. The molecule has 0 aliphatic carbocycles. The number of halogens is 1. The Morgan fingerprint density at radius 2 is 1.90 bits per heavy atom. The summed E-state index contributed by atoms with van der Waals surface area (Å²) in [5, 5.41) is 0.723. The molecule has 4 heteroatoms. The zero-order chi connectivity index (χ0) is 15.6. The first-order valence-electron chi connectivity index (χ1n) is 7.43. The van der Waals surface area contributed by atoms with Crippen LogP contribution in [0.25, 0.3) is 0 Å². The molecule has 0 saturated carbocycles. The molecule has 0 N–H and O–H groups in total. The number of carbonyl (C=O) groups excluding carboxylic acids is 1. The number of hydrogen-bond donors (Lipinski definition) is 0. The number of rotatable bonds is 2. The summed E-state index contributed by atoms with van der Waals surface area (Å²) in [6, 6.07) is 7.83. The van der Waals surface area contributed by atoms with Crippen molar-refractivity contribution in [2.24, 2.45) is 5.92 Å². The molecule has 3 nitrogen and oxygen atoms in total. The van der Waals surface area contributed by atoms with Crippen molar-refractivity contribution in [1.29, 1.82) is 0 Å². The first-order valence-corrected chi connectivity index (χ1v) is 7.81. The van der Waals surface area contributed by atoms with Crippen molar-refractivity contribution in [3.63, 3.8) is 0 Å². The van der Waals surface area contributed by atoms with Gasteiger partial charge in [0.25, 0.3) is 0 Å². The van der Waals surface area contributed by atoms with Gasteiger partial charge in [0.2, 0.25) is 0 Å². The first-order chi connectivity index (χ1) is 9.76. The van der Waals surface area contributed by atoms with Crippen molar-refractivity contribution >= 4 is 17.6 Å². The van der Waals surface area contributed by atoms with E-state index in [0.717, 1.165) is 24.5 Å². The molecule has 2 rings (SSSR count). The van der Waals surface area contributed by atoms with Crippen LogP contribution in [0.5, 0.6) is 0 Å². The third kappa shape index (κ3) is 4.45. The van der Waals surface area contributed by atoms with Crippen LogP contribution in [0.15, 0.2) is 24.3 Å². The number of likely N-dealkylation sites (tertiary alicyclic amines) is 1. The standard InChI is InChI=1S/C17H24ClNO2/c1-17(2,3)21-16(20)15-11-19(4)10-9-14(15)12-5-7-13(18)8-6-12/h5-8,14-15H,9-11H2,1-4H3/t14-,15+/m1/s1. The number of benzene rings is 1. The number of piperidine rings is 1. The van der Waals surface area contributed by atoms with Gasteiger partial charge in [0.1, 0.15) is 5.60 Å². The van der Waals surface area contributed by atoms with E-state index < -0.39 is 5.60 Å². The molecule has 1 aliphatic rings. The van der Waals surface area contributed by atoms with Gasteiger partial charge in [-0.05, 0) is 64.4 Å². The van der Waals surface area contributed by atoms with Crippen LogP contribution in [0, 0.1) is 5.92 Å². The highest BCUT2D eigenvalue weighted by Crippen LogP contribution is 2.34. The van der Waals surface area contributed by atoms with Gasteiger partial charge in [-0.2, -0.15) is 0 Å². The molecular weight excluding hydrogens is 286 g/mol. The molecule has 116 valence electrons. The van der Waals surface area contributed by atoms with Gasteiger partial charge < -0.3 is 9.64 Å². The molecular formula is C17H24ClNO2. The first kappa shape index (κ1) is 16.3. The molecule has 1 aliphatic heterocycles. The summed E-state index contributed by atoms with van der Waals surface area (Å²) < 4.78 is 5.61. The summed E-state index contributed by atoms with van der Waals surface area (Å²) in [6.45, 7) is 7.47. The maximum atomic E-state index is 12.5. The van der Waals surface area contributed by atoms with E-state index in [4.69, 9.17) is 16.3 Å². The summed E-state index contributed by atoms with van der Waals surface area (Å²) in [5.41, 5.74) is 0.723. The van der Waals surface area contributed by atoms with Crippen molar-refractivity contribution in [3.05, 3.63) is 34.9 Å². The highest BCUT2D eigenvalue weighted by molar-refractivity contribution is 6.30. The zero-order valence-corrected chi connectivity index (χ0v) is 14.0. The molecule has 0 bridgehead atoms. The van der Waals surface area contributed by atoms with E-state index in [-0.39, 0.29) is 17.8 Å². The summed E-state index contributed by atoms with van der Waals surface area (Å²) in [4.78, 5) is 14.7. The predicted molar refractivity (Wildman–Crippen MR) is 85.6 cm³/mol. The van der Waals surface area contributed by atoms with Crippen LogP contribution in [0.2, 0.25) is 5.02 Å². The summed E-state index contributed by atoms with van der Waals surface area (Å²) >= 11 is 5.96. The molecule has 0 spiro atoms. The third-order valence-electron chi connectivity index (χ3n) is 3.82. The second kappa shape index (κ2) is 6.37. The van der Waals surface area contributed by atoms with Crippen LogP contribution >= 0.6 is 11.6 Å². The van der Waals surface area contributed by atoms with Gasteiger partial charge in [0.15, 0.2) is 0 Å². The number of esters is 1. The molecule has 21 heavy (non-hydrogen) atoms. The van der Waals surface area contributed by atoms with E-state index >= 15 is 0 Å². The Morgan fingerprint density at radius 3 is 2.48 bits per heavy atom. The van der Waals surface area contributed by atoms with Crippen LogP contribution in [0.1, 0.15) is 38.7 Å². The van der Waals surface area contributed by atoms with Crippen molar-refractivity contribution in [3.8, 4) is 0 Å². The van der Waals surface area contributed by atoms with Crippen molar-refractivity contribution in [2.45, 2.75) is 38.7 Å². The van der Waals surface area contributed by atoms with E-state index in [2.05, 4.69) is 11.9 Å². The zero-order valence-electron chi connectivity index (χ0n) is 13.2. The second-order valence-corrected chi connectivity index (χ2v) is 7.29. The van der Waals surface area contributed by atoms with E-state index in [1.165, 1.54) is 5.56 Å². The van der Waals surface area contributed by atoms with Gasteiger partial charge in [0, 0.05) is 11.6 Å². The maximum absolute atomic E-state index is 12.5. The van der Waals surface area contributed by atoms with Crippen molar-refractivity contribution in [2.75, 3.05) is 20.1 Å². The van der Waals surface area contributed by atoms with Crippen LogP contribution < -0.4 is 0 Å². The minimum atomic E-state index is -0.447. The fourth-order valence-corrected chi connectivity index (χ4v) is 2.97. The van der Waals surface area contributed by atoms with E-state index in [1.54, 1.807) is 0 Å². The highest BCUT2D eigenvalue weighted by Gasteiger charge is 2.36. The minimum Gasteiger partial charge on any atom is -0.460 e. The fourth-order valence-electron chi connectivity index (χ4n) is 2.84. The quantitative estimate of drug-likeness (QED) is 0.780. The Bertz CT molecular complexity index is 493. The predicted octanol–water partition coefficient (Wildman–Crippen LogP) is 3.72. The lowest BCUT2D eigenvalue weighted by atomic mass is 9.80. The monoisotopic (exact) mass is 309 g/mol. The number of hydrogen-bond acceptors (Lipinski definition) is 3. The lowest BCUT2D eigenvalue weighted by Crippen LogP contribution is -2.43. The normalized spacial score (nSPS) is 23.9. The van der Waals surface area contributed by atoms with Gasteiger partial charge in [-0.1, -0.05) is 23.7 Å². The minimum absolute atomic E-state index is 0.103. The third-order valence-corrected chi connectivity index (χ3v) is 4.08. The average Bonchev–Trinajstić information content (AvgIpc) is 2.38. The molecule has 1 heterocycles. The number of ether oxygens (including phenoxy) is 1. The highest BCUT2D eigenvalue weighted by atomic mass is 35.5. The summed E-state index contributed by atoms with van der Waals surface area (Å²) in [7, 11) is 2.05. The molecule has 0 unspecified atom stereocenters. The van der Waals surface area contributed by atoms with E-state index in [9.17, 15) is 4.79 Å². The molecule has 0 amide bonds. The fraction of sp³-hybridized carbons (Fsp3) is 0.588. The molecule has 0 radical (unpaired) electrons. The molecule has 1 aromatic rings. The Hall–Kier alpha value is -1.06. The smallest absolute Gasteiger partial charge is 0.311 e. The lowest BCUT2D eigenvalue weighted by molar-refractivity contribution is -0.162. The largest absolute Gasteiger partial charge is 0.460 e. The summed E-state index contributed by atoms with van der Waals surface area (Å²) in [5.74, 6) is -0.0218. The van der Waals surface area contributed by atoms with Crippen LogP contribution in [-0.2, 0) is 9.53 Å². The van der Waals surface area contributed by atoms with Gasteiger partial charge in [-0.15, -0.1) is 0 Å². The van der Waals surface area contributed by atoms with Gasteiger partial charge in [-0.3, -0.25) is 4.79 Å². The van der Waals surface area contributed by atoms with E-state index in [0.29, 0.717) is 0 Å². The summed E-state index contributed by atoms with van der Waals surface area (Å²) in [6.07, 6.45) is 0.960. The van der Waals surface area contributed by atoms with Gasteiger partial charge in [0.05, 0.1) is 5.92 Å². The Kier molecular flexibility index (Phi) is 4.95. The molecule has 1 aromatic carbocycles. The molecule has 1 saturated heterocycles. The topological polar surface area (TPSA) is 29.5 Å². The van der Waals surface area contributed by atoms with Crippen molar-refractivity contribution < 1.29 is 9.53 Å². The molecule has 0 aromatic heterocycles. The lowest BCUT2D eigenvalue weighted by Gasteiger charge is -2.37. The average molecular weight is 310 g/mol. The van der Waals surface area contributed by atoms with Gasteiger partial charge in [-0.25, -0.2) is 0 Å². The Balaban J connectivity index is 2.21. The van der Waals surface area contributed by atoms with Crippen molar-refractivity contribution in [1.82, 2.24) is 4.90 Å². The van der Waals surface area contributed by atoms with Crippen LogP contribution in [0.4, 0.5) is 0 Å². The molecule has 2 atom stereocenters. The van der Waals surface area contributed by atoms with Crippen LogP contribution in [0.3, 0.4) is 0 Å². The SMILES string of the molecule is CN1CC[C@H](c2ccc(Cl)cc2)[C@@H](C(=O)OC(C)(C)C)C1. The Labute approximate surface area is 132 Å². The number of nitrogens with zero attached hydrogens (tertiary/aromatic N) is 1. The number of carbonyl (C=O) groups is 1. The van der Waals surface area contributed by atoms with Crippen LogP contribution in [-0.4, -0.2) is 36.6 Å².